The normalized spacial score (nSPS) is 26.4. The predicted molar refractivity (Wildman–Crippen MR) is 68.6 cm³/mol. The Balaban J connectivity index is 2.81. The van der Waals surface area contributed by atoms with Crippen LogP contribution in [0.4, 0.5) is 0 Å². The molecule has 0 aromatic carbocycles. The van der Waals surface area contributed by atoms with Gasteiger partial charge in [-0.3, -0.25) is 4.79 Å². The summed E-state index contributed by atoms with van der Waals surface area (Å²) in [6.45, 7) is 13.1. The smallest absolute Gasteiger partial charge is 0.227 e. The number of carbonyl (C=O) groups is 1. The summed E-state index contributed by atoms with van der Waals surface area (Å²) in [7, 11) is 0. The van der Waals surface area contributed by atoms with Crippen LogP contribution in [0.2, 0.25) is 0 Å². The molecule has 100 valence electrons. The molecule has 1 heterocycles. The van der Waals surface area contributed by atoms with Crippen molar-refractivity contribution in [2.75, 3.05) is 13.1 Å². The summed E-state index contributed by atoms with van der Waals surface area (Å²) in [4.78, 5) is 14.2. The van der Waals surface area contributed by atoms with Gasteiger partial charge in [0.1, 0.15) is 0 Å². The molecule has 0 bridgehead atoms. The summed E-state index contributed by atoms with van der Waals surface area (Å²) in [6.07, 6.45) is 0. The van der Waals surface area contributed by atoms with Crippen LogP contribution in [0.3, 0.4) is 0 Å². The highest BCUT2D eigenvalue weighted by Gasteiger charge is 2.41. The quantitative estimate of drug-likeness (QED) is 0.796. The van der Waals surface area contributed by atoms with Gasteiger partial charge in [0.2, 0.25) is 5.91 Å². The molecule has 0 saturated carbocycles. The van der Waals surface area contributed by atoms with Crippen LogP contribution >= 0.6 is 0 Å². The van der Waals surface area contributed by atoms with Crippen molar-refractivity contribution in [2.45, 2.75) is 58.8 Å². The molecule has 4 nitrogen and oxygen atoms in total. The fourth-order valence-electron chi connectivity index (χ4n) is 2.46. The van der Waals surface area contributed by atoms with Crippen LogP contribution in [0.15, 0.2) is 0 Å². The van der Waals surface area contributed by atoms with Crippen LogP contribution in [0.25, 0.3) is 0 Å². The van der Waals surface area contributed by atoms with Crippen molar-refractivity contribution in [3.05, 3.63) is 0 Å². The average molecular weight is 242 g/mol. The van der Waals surface area contributed by atoms with Crippen molar-refractivity contribution in [1.82, 2.24) is 4.90 Å². The molecule has 0 aromatic rings. The third-order valence-electron chi connectivity index (χ3n) is 3.19. The molecule has 0 aliphatic carbocycles. The van der Waals surface area contributed by atoms with Gasteiger partial charge in [-0.25, -0.2) is 0 Å². The molecule has 1 rings (SSSR count). The van der Waals surface area contributed by atoms with Gasteiger partial charge in [-0.05, 0) is 34.6 Å². The van der Waals surface area contributed by atoms with Crippen molar-refractivity contribution in [3.8, 4) is 0 Å². The zero-order valence-electron chi connectivity index (χ0n) is 11.9. The molecular weight excluding hydrogens is 216 g/mol. The Morgan fingerprint density at radius 1 is 1.18 bits per heavy atom. The summed E-state index contributed by atoms with van der Waals surface area (Å²) in [5.41, 5.74) is 5.21. The molecular formula is C13H26N2O2. The van der Waals surface area contributed by atoms with Crippen LogP contribution < -0.4 is 5.73 Å². The molecule has 2 unspecified atom stereocenters. The van der Waals surface area contributed by atoms with Crippen LogP contribution in [0, 0.1) is 5.92 Å². The number of rotatable bonds is 2. The van der Waals surface area contributed by atoms with Crippen molar-refractivity contribution >= 4 is 5.91 Å². The molecule has 2 N–H and O–H groups in total. The van der Waals surface area contributed by atoms with Crippen molar-refractivity contribution < 1.29 is 9.53 Å². The highest BCUT2D eigenvalue weighted by molar-refractivity contribution is 5.79. The third-order valence-corrected chi connectivity index (χ3v) is 3.19. The minimum absolute atomic E-state index is 0.114. The first-order valence-corrected chi connectivity index (χ1v) is 6.29. The monoisotopic (exact) mass is 242 g/mol. The van der Waals surface area contributed by atoms with Gasteiger partial charge in [-0.15, -0.1) is 0 Å². The van der Waals surface area contributed by atoms with Gasteiger partial charge in [0.15, 0.2) is 0 Å². The first kappa shape index (κ1) is 14.5. The Hall–Kier alpha value is -0.610. The van der Waals surface area contributed by atoms with Gasteiger partial charge in [0, 0.05) is 19.1 Å². The Bertz CT molecular complexity index is 282. The first-order chi connectivity index (χ1) is 7.54. The Morgan fingerprint density at radius 3 is 1.94 bits per heavy atom. The lowest BCUT2D eigenvalue weighted by Gasteiger charge is -2.47. The molecule has 1 amide bonds. The minimum atomic E-state index is -0.297. The molecule has 4 heteroatoms. The largest absolute Gasteiger partial charge is 0.366 e. The van der Waals surface area contributed by atoms with E-state index in [-0.39, 0.29) is 29.1 Å². The van der Waals surface area contributed by atoms with Crippen molar-refractivity contribution in [1.29, 1.82) is 0 Å². The first-order valence-electron chi connectivity index (χ1n) is 6.29. The van der Waals surface area contributed by atoms with Gasteiger partial charge < -0.3 is 15.4 Å². The third kappa shape index (κ3) is 3.68. The van der Waals surface area contributed by atoms with Crippen LogP contribution in [-0.2, 0) is 9.53 Å². The van der Waals surface area contributed by atoms with E-state index in [1.807, 2.05) is 46.4 Å². The highest BCUT2D eigenvalue weighted by Crippen LogP contribution is 2.29. The molecule has 17 heavy (non-hydrogen) atoms. The second-order valence-corrected chi connectivity index (χ2v) is 6.46. The van der Waals surface area contributed by atoms with E-state index in [0.29, 0.717) is 13.1 Å². The molecule has 1 aliphatic heterocycles. The number of morpholine rings is 1. The average Bonchev–Trinajstić information content (AvgIpc) is 2.10. The van der Waals surface area contributed by atoms with Gasteiger partial charge in [0.05, 0.1) is 17.1 Å². The fraction of sp³-hybridized carbons (Fsp3) is 0.923. The molecule has 0 spiro atoms. The lowest BCUT2D eigenvalue weighted by atomic mass is 9.95. The number of hydrogen-bond donors (Lipinski definition) is 1. The van der Waals surface area contributed by atoms with E-state index < -0.39 is 0 Å². The lowest BCUT2D eigenvalue weighted by molar-refractivity contribution is -0.190. The second kappa shape index (κ2) is 4.58. The molecule has 0 aromatic heterocycles. The van der Waals surface area contributed by atoms with E-state index in [1.165, 1.54) is 0 Å². The second-order valence-electron chi connectivity index (χ2n) is 6.46. The maximum Gasteiger partial charge on any atom is 0.227 e. The van der Waals surface area contributed by atoms with Gasteiger partial charge in [-0.1, -0.05) is 6.92 Å². The van der Waals surface area contributed by atoms with Gasteiger partial charge in [-0.2, -0.15) is 0 Å². The predicted octanol–water partition coefficient (Wildman–Crippen LogP) is 1.39. The molecule has 2 atom stereocenters. The summed E-state index contributed by atoms with van der Waals surface area (Å²) in [6, 6.07) is -0.114. The Morgan fingerprint density at radius 2 is 1.59 bits per heavy atom. The Labute approximate surface area is 104 Å². The van der Waals surface area contributed by atoms with Crippen molar-refractivity contribution in [2.24, 2.45) is 11.7 Å². The van der Waals surface area contributed by atoms with E-state index >= 15 is 0 Å². The number of nitrogens with two attached hydrogens (primary N) is 1. The number of ether oxygens (including phenoxy) is 1. The SMILES string of the molecule is CC(N)C(C)C(=O)N1CC(C)(C)OC(C)(C)C1. The summed E-state index contributed by atoms with van der Waals surface area (Å²) in [5.74, 6) is -0.0100. The zero-order chi connectivity index (χ0) is 13.4. The van der Waals surface area contributed by atoms with E-state index in [9.17, 15) is 4.79 Å². The van der Waals surface area contributed by atoms with E-state index in [1.54, 1.807) is 0 Å². The summed E-state index contributed by atoms with van der Waals surface area (Å²) in [5, 5.41) is 0. The number of carbonyl (C=O) groups excluding carboxylic acids is 1. The summed E-state index contributed by atoms with van der Waals surface area (Å²) < 4.78 is 5.96. The zero-order valence-corrected chi connectivity index (χ0v) is 11.9. The summed E-state index contributed by atoms with van der Waals surface area (Å²) >= 11 is 0. The van der Waals surface area contributed by atoms with Gasteiger partial charge in [0.25, 0.3) is 0 Å². The lowest BCUT2D eigenvalue weighted by Crippen LogP contribution is -2.60. The topological polar surface area (TPSA) is 55.6 Å². The molecule has 0 radical (unpaired) electrons. The Kier molecular flexibility index (Phi) is 3.89. The van der Waals surface area contributed by atoms with E-state index in [2.05, 4.69) is 0 Å². The van der Waals surface area contributed by atoms with Crippen molar-refractivity contribution in [3.63, 3.8) is 0 Å². The maximum absolute atomic E-state index is 12.3. The van der Waals surface area contributed by atoms with E-state index in [0.717, 1.165) is 0 Å². The maximum atomic E-state index is 12.3. The fourth-order valence-corrected chi connectivity index (χ4v) is 2.46. The number of hydrogen-bond acceptors (Lipinski definition) is 3. The molecule has 1 aliphatic rings. The molecule has 1 saturated heterocycles. The minimum Gasteiger partial charge on any atom is -0.366 e. The number of nitrogens with zero attached hydrogens (tertiary/aromatic N) is 1. The molecule has 1 fully saturated rings. The van der Waals surface area contributed by atoms with E-state index in [4.69, 9.17) is 10.5 Å². The standard InChI is InChI=1S/C13H26N2O2/c1-9(10(2)14)11(16)15-7-12(3,4)17-13(5,6)8-15/h9-10H,7-8,14H2,1-6H3. The van der Waals surface area contributed by atoms with Crippen LogP contribution in [0.1, 0.15) is 41.5 Å². The van der Waals surface area contributed by atoms with Crippen LogP contribution in [-0.4, -0.2) is 41.1 Å². The van der Waals surface area contributed by atoms with Gasteiger partial charge >= 0.3 is 0 Å². The highest BCUT2D eigenvalue weighted by atomic mass is 16.5. The van der Waals surface area contributed by atoms with Crippen LogP contribution in [0.5, 0.6) is 0 Å². The number of amides is 1.